The highest BCUT2D eigenvalue weighted by atomic mass is 35.5. The number of rotatable bonds is 1. The van der Waals surface area contributed by atoms with Crippen molar-refractivity contribution < 1.29 is 4.39 Å². The number of aryl methyl sites for hydroxylation is 2. The van der Waals surface area contributed by atoms with Crippen LogP contribution in [0.3, 0.4) is 0 Å². The molecule has 5 nitrogen and oxygen atoms in total. The van der Waals surface area contributed by atoms with Crippen molar-refractivity contribution in [3.05, 3.63) is 56.6 Å². The second-order valence-electron chi connectivity index (χ2n) is 4.98. The first-order chi connectivity index (χ1) is 10.4. The predicted molar refractivity (Wildman–Crippen MR) is 84.0 cm³/mol. The van der Waals surface area contributed by atoms with Gasteiger partial charge >= 0.3 is 0 Å². The summed E-state index contributed by atoms with van der Waals surface area (Å²) in [5, 5.41) is 4.26. The van der Waals surface area contributed by atoms with Crippen molar-refractivity contribution in [1.29, 1.82) is 0 Å². The molecule has 0 fully saturated rings. The number of hydrogen-bond acceptors (Lipinski definition) is 4. The summed E-state index contributed by atoms with van der Waals surface area (Å²) in [5.74, 6) is -0.805. The summed E-state index contributed by atoms with van der Waals surface area (Å²) in [5.41, 5.74) is 7.45. The third-order valence-electron chi connectivity index (χ3n) is 3.47. The number of fused-ring (bicyclic) bond motifs is 1. The van der Waals surface area contributed by atoms with Crippen LogP contribution in [-0.4, -0.2) is 14.8 Å². The minimum Gasteiger partial charge on any atom is -0.379 e. The van der Waals surface area contributed by atoms with E-state index in [1.807, 2.05) is 6.92 Å². The zero-order valence-corrected chi connectivity index (χ0v) is 12.6. The lowest BCUT2D eigenvalue weighted by Gasteiger charge is -2.12. The molecular weight excluding hydrogens is 307 g/mol. The third-order valence-corrected chi connectivity index (χ3v) is 3.70. The first kappa shape index (κ1) is 14.5. The van der Waals surface area contributed by atoms with Crippen molar-refractivity contribution >= 4 is 28.5 Å². The molecule has 112 valence electrons. The fourth-order valence-corrected chi connectivity index (χ4v) is 2.34. The molecule has 0 radical (unpaired) electrons. The summed E-state index contributed by atoms with van der Waals surface area (Å²) in [6.07, 6.45) is 0. The van der Waals surface area contributed by atoms with Crippen LogP contribution in [0.2, 0.25) is 5.02 Å². The number of benzene rings is 1. The molecule has 2 N–H and O–H groups in total. The van der Waals surface area contributed by atoms with Crippen molar-refractivity contribution in [2.45, 2.75) is 13.8 Å². The fraction of sp³-hybridized carbons (Fsp3) is 0.133. The maximum atomic E-state index is 14.2. The van der Waals surface area contributed by atoms with E-state index in [4.69, 9.17) is 17.3 Å². The Hall–Kier alpha value is -2.47. The minimum absolute atomic E-state index is 0.145. The molecule has 7 heteroatoms. The van der Waals surface area contributed by atoms with Crippen LogP contribution in [0.4, 0.5) is 10.2 Å². The molecule has 0 aliphatic rings. The third kappa shape index (κ3) is 2.21. The van der Waals surface area contributed by atoms with Gasteiger partial charge in [-0.25, -0.2) is 14.1 Å². The molecule has 3 aromatic rings. The Morgan fingerprint density at radius 1 is 1.27 bits per heavy atom. The second-order valence-corrected chi connectivity index (χ2v) is 5.42. The summed E-state index contributed by atoms with van der Waals surface area (Å²) < 4.78 is 15.5. The molecule has 0 aliphatic heterocycles. The molecule has 0 unspecified atom stereocenters. The van der Waals surface area contributed by atoms with E-state index in [0.29, 0.717) is 11.2 Å². The summed E-state index contributed by atoms with van der Waals surface area (Å²) in [6, 6.07) is 5.92. The van der Waals surface area contributed by atoms with Crippen LogP contribution in [0.25, 0.3) is 16.7 Å². The van der Waals surface area contributed by atoms with E-state index >= 15 is 0 Å². The highest BCUT2D eigenvalue weighted by Gasteiger charge is 2.15. The number of aromatic nitrogens is 3. The zero-order valence-electron chi connectivity index (χ0n) is 11.9. The SMILES string of the molecule is Cc1cc2c(nc1C)c(=O)c(N)nn2-c1ccc(Cl)cc1F. The van der Waals surface area contributed by atoms with Crippen molar-refractivity contribution in [3.8, 4) is 5.69 Å². The van der Waals surface area contributed by atoms with E-state index in [0.717, 1.165) is 5.56 Å². The summed E-state index contributed by atoms with van der Waals surface area (Å²) in [4.78, 5) is 16.4. The molecule has 22 heavy (non-hydrogen) atoms. The van der Waals surface area contributed by atoms with Crippen molar-refractivity contribution in [2.75, 3.05) is 5.73 Å². The maximum Gasteiger partial charge on any atom is 0.250 e. The van der Waals surface area contributed by atoms with Gasteiger partial charge in [-0.05, 0) is 43.7 Å². The Labute approximate surface area is 130 Å². The van der Waals surface area contributed by atoms with Gasteiger partial charge in [0.1, 0.15) is 17.0 Å². The molecule has 0 amide bonds. The quantitative estimate of drug-likeness (QED) is 0.748. The van der Waals surface area contributed by atoms with Crippen LogP contribution < -0.4 is 11.2 Å². The highest BCUT2D eigenvalue weighted by Crippen LogP contribution is 2.22. The molecule has 0 atom stereocenters. The number of halogens is 2. The molecule has 3 rings (SSSR count). The average Bonchev–Trinajstić information content (AvgIpc) is 2.46. The van der Waals surface area contributed by atoms with Gasteiger partial charge in [0.2, 0.25) is 5.43 Å². The van der Waals surface area contributed by atoms with Crippen LogP contribution in [0.1, 0.15) is 11.3 Å². The first-order valence-electron chi connectivity index (χ1n) is 6.50. The van der Waals surface area contributed by atoms with Crippen molar-refractivity contribution in [3.63, 3.8) is 0 Å². The minimum atomic E-state index is -0.567. The largest absolute Gasteiger partial charge is 0.379 e. The van der Waals surface area contributed by atoms with Crippen molar-refractivity contribution in [2.24, 2.45) is 0 Å². The van der Waals surface area contributed by atoms with Gasteiger partial charge < -0.3 is 5.73 Å². The molecular formula is C15H12ClFN4O. The van der Waals surface area contributed by atoms with Crippen LogP contribution in [-0.2, 0) is 0 Å². The summed E-state index contributed by atoms with van der Waals surface area (Å²) >= 11 is 5.77. The molecule has 0 saturated heterocycles. The van der Waals surface area contributed by atoms with E-state index < -0.39 is 11.2 Å². The molecule has 0 bridgehead atoms. The molecule has 0 aliphatic carbocycles. The first-order valence-corrected chi connectivity index (χ1v) is 6.88. The topological polar surface area (TPSA) is 73.8 Å². The average molecular weight is 319 g/mol. The van der Waals surface area contributed by atoms with Crippen LogP contribution in [0.15, 0.2) is 29.1 Å². The lowest BCUT2D eigenvalue weighted by Crippen LogP contribution is -2.19. The number of nitrogens with zero attached hydrogens (tertiary/aromatic N) is 3. The molecule has 2 heterocycles. The standard InChI is InChI=1S/C15H12ClFN4O/c1-7-5-12-13(19-8(7)2)14(22)15(18)20-21(12)11-4-3-9(16)6-10(11)17/h3-6H,1-2H3,(H2,18,20). The van der Waals surface area contributed by atoms with Gasteiger partial charge in [-0.15, -0.1) is 5.10 Å². The Bertz CT molecular complexity index is 968. The summed E-state index contributed by atoms with van der Waals surface area (Å²) in [7, 11) is 0. The van der Waals surface area contributed by atoms with Crippen molar-refractivity contribution in [1.82, 2.24) is 14.8 Å². The Kier molecular flexibility index (Phi) is 3.33. The van der Waals surface area contributed by atoms with Gasteiger partial charge in [0.05, 0.1) is 5.52 Å². The van der Waals surface area contributed by atoms with Crippen LogP contribution >= 0.6 is 11.6 Å². The number of pyridine rings is 1. The summed E-state index contributed by atoms with van der Waals surface area (Å²) in [6.45, 7) is 3.64. The Balaban J connectivity index is 2.46. The van der Waals surface area contributed by atoms with E-state index in [2.05, 4.69) is 10.1 Å². The number of nitrogen functional groups attached to an aromatic ring is 1. The van der Waals surface area contributed by atoms with Gasteiger partial charge in [-0.2, -0.15) is 0 Å². The maximum absolute atomic E-state index is 14.2. The van der Waals surface area contributed by atoms with E-state index in [1.165, 1.54) is 22.9 Å². The van der Waals surface area contributed by atoms with Gasteiger partial charge in [0.15, 0.2) is 5.82 Å². The molecule has 2 aromatic heterocycles. The monoisotopic (exact) mass is 318 g/mol. The van der Waals surface area contributed by atoms with Gasteiger partial charge in [0, 0.05) is 10.7 Å². The number of anilines is 1. The van der Waals surface area contributed by atoms with E-state index in [9.17, 15) is 9.18 Å². The Morgan fingerprint density at radius 3 is 2.68 bits per heavy atom. The number of hydrogen-bond donors (Lipinski definition) is 1. The smallest absolute Gasteiger partial charge is 0.250 e. The van der Waals surface area contributed by atoms with E-state index in [1.54, 1.807) is 13.0 Å². The second kappa shape index (κ2) is 5.06. The van der Waals surface area contributed by atoms with Crippen LogP contribution in [0, 0.1) is 19.7 Å². The van der Waals surface area contributed by atoms with Gasteiger partial charge in [0.25, 0.3) is 0 Å². The van der Waals surface area contributed by atoms with Gasteiger partial charge in [-0.3, -0.25) is 4.79 Å². The highest BCUT2D eigenvalue weighted by molar-refractivity contribution is 6.30. The Morgan fingerprint density at radius 2 is 2.00 bits per heavy atom. The lowest BCUT2D eigenvalue weighted by atomic mass is 10.2. The van der Waals surface area contributed by atoms with E-state index in [-0.39, 0.29) is 22.0 Å². The van der Waals surface area contributed by atoms with Gasteiger partial charge in [-0.1, -0.05) is 11.6 Å². The van der Waals surface area contributed by atoms with Crippen LogP contribution in [0.5, 0.6) is 0 Å². The lowest BCUT2D eigenvalue weighted by molar-refractivity contribution is 0.612. The molecule has 0 saturated carbocycles. The predicted octanol–water partition coefficient (Wildman–Crippen LogP) is 2.77. The molecule has 1 aromatic carbocycles. The zero-order chi connectivity index (χ0) is 16.0. The molecule has 0 spiro atoms. The number of nitrogens with two attached hydrogens (primary N) is 1. The normalized spacial score (nSPS) is 11.1. The fourth-order valence-electron chi connectivity index (χ4n) is 2.18.